The molecule has 0 aliphatic heterocycles. The van der Waals surface area contributed by atoms with Gasteiger partial charge in [0.1, 0.15) is 0 Å². The standard InChI is InChI=1S/C17H17ClN2O2S/c1-12(2)23(21,22)17-19-15-9-5-6-10-16(15)20(17)11-13-7-3-4-8-14(13)18/h3-10,12H,11H2,1-2H3. The van der Waals surface area contributed by atoms with Crippen molar-refractivity contribution in [2.24, 2.45) is 0 Å². The molecule has 0 radical (unpaired) electrons. The van der Waals surface area contributed by atoms with Crippen molar-refractivity contribution in [2.45, 2.75) is 30.8 Å². The Labute approximate surface area is 140 Å². The zero-order valence-corrected chi connectivity index (χ0v) is 14.5. The summed E-state index contributed by atoms with van der Waals surface area (Å²) < 4.78 is 27.1. The largest absolute Gasteiger partial charge is 0.310 e. The molecule has 6 heteroatoms. The molecule has 0 amide bonds. The van der Waals surface area contributed by atoms with Crippen molar-refractivity contribution in [2.75, 3.05) is 0 Å². The summed E-state index contributed by atoms with van der Waals surface area (Å²) >= 11 is 6.24. The monoisotopic (exact) mass is 348 g/mol. The fourth-order valence-electron chi connectivity index (χ4n) is 2.43. The van der Waals surface area contributed by atoms with Crippen molar-refractivity contribution in [1.82, 2.24) is 9.55 Å². The normalized spacial score (nSPS) is 12.2. The van der Waals surface area contributed by atoms with Crippen LogP contribution in [0.5, 0.6) is 0 Å². The van der Waals surface area contributed by atoms with E-state index in [1.807, 2.05) is 42.5 Å². The Balaban J connectivity index is 2.24. The van der Waals surface area contributed by atoms with Gasteiger partial charge in [0.25, 0.3) is 0 Å². The Morgan fingerprint density at radius 2 is 1.74 bits per heavy atom. The summed E-state index contributed by atoms with van der Waals surface area (Å²) in [6.45, 7) is 3.69. The predicted molar refractivity (Wildman–Crippen MR) is 92.6 cm³/mol. The van der Waals surface area contributed by atoms with Gasteiger partial charge in [-0.3, -0.25) is 0 Å². The van der Waals surface area contributed by atoms with Gasteiger partial charge in [-0.1, -0.05) is 41.9 Å². The van der Waals surface area contributed by atoms with Crippen molar-refractivity contribution in [1.29, 1.82) is 0 Å². The summed E-state index contributed by atoms with van der Waals surface area (Å²) in [5.74, 6) is 0. The van der Waals surface area contributed by atoms with E-state index in [1.54, 1.807) is 24.5 Å². The lowest BCUT2D eigenvalue weighted by Crippen LogP contribution is -2.19. The molecule has 0 aliphatic carbocycles. The van der Waals surface area contributed by atoms with Gasteiger partial charge in [-0.25, -0.2) is 13.4 Å². The van der Waals surface area contributed by atoms with E-state index in [0.717, 1.165) is 11.1 Å². The Hall–Kier alpha value is -1.85. The zero-order valence-electron chi connectivity index (χ0n) is 12.9. The molecule has 3 aromatic rings. The topological polar surface area (TPSA) is 52.0 Å². The van der Waals surface area contributed by atoms with E-state index < -0.39 is 15.1 Å². The van der Waals surface area contributed by atoms with Crippen molar-refractivity contribution in [3.8, 4) is 0 Å². The van der Waals surface area contributed by atoms with E-state index >= 15 is 0 Å². The second kappa shape index (κ2) is 5.98. The fraction of sp³-hybridized carbons (Fsp3) is 0.235. The molecule has 0 aliphatic rings. The number of halogens is 1. The summed E-state index contributed by atoms with van der Waals surface area (Å²) in [6, 6.07) is 14.8. The molecule has 4 nitrogen and oxygen atoms in total. The average molecular weight is 349 g/mol. The highest BCUT2D eigenvalue weighted by Gasteiger charge is 2.27. The Bertz CT molecular complexity index is 962. The summed E-state index contributed by atoms with van der Waals surface area (Å²) in [5, 5.41) is 0.163. The molecule has 0 bridgehead atoms. The van der Waals surface area contributed by atoms with Gasteiger partial charge in [-0.15, -0.1) is 0 Å². The van der Waals surface area contributed by atoms with Crippen LogP contribution in [0, 0.1) is 0 Å². The van der Waals surface area contributed by atoms with Crippen LogP contribution in [-0.2, 0) is 16.4 Å². The molecule has 0 unspecified atom stereocenters. The number of imidazole rings is 1. The molecule has 2 aromatic carbocycles. The van der Waals surface area contributed by atoms with E-state index in [4.69, 9.17) is 11.6 Å². The first-order valence-electron chi connectivity index (χ1n) is 7.34. The SMILES string of the molecule is CC(C)S(=O)(=O)c1nc2ccccc2n1Cc1ccccc1Cl. The predicted octanol–water partition coefficient (Wildman–Crippen LogP) is 3.92. The molecule has 0 saturated carbocycles. The summed E-state index contributed by atoms with van der Waals surface area (Å²) in [5.41, 5.74) is 2.31. The van der Waals surface area contributed by atoms with Gasteiger partial charge in [0.2, 0.25) is 15.0 Å². The van der Waals surface area contributed by atoms with Gasteiger partial charge < -0.3 is 4.57 Å². The maximum atomic E-state index is 12.7. The lowest BCUT2D eigenvalue weighted by atomic mass is 10.2. The van der Waals surface area contributed by atoms with E-state index in [2.05, 4.69) is 4.98 Å². The third kappa shape index (κ3) is 2.86. The van der Waals surface area contributed by atoms with Crippen LogP contribution in [-0.4, -0.2) is 23.2 Å². The molecular weight excluding hydrogens is 332 g/mol. The molecular formula is C17H17ClN2O2S. The molecule has 23 heavy (non-hydrogen) atoms. The lowest BCUT2D eigenvalue weighted by molar-refractivity contribution is 0.567. The van der Waals surface area contributed by atoms with Gasteiger partial charge in [0.05, 0.1) is 22.8 Å². The molecule has 0 fully saturated rings. The third-order valence-corrected chi connectivity index (χ3v) is 6.21. The number of sulfone groups is 1. The number of para-hydroxylation sites is 2. The Morgan fingerprint density at radius 1 is 1.09 bits per heavy atom. The number of nitrogens with zero attached hydrogens (tertiary/aromatic N) is 2. The number of hydrogen-bond donors (Lipinski definition) is 0. The number of fused-ring (bicyclic) bond motifs is 1. The van der Waals surface area contributed by atoms with E-state index in [-0.39, 0.29) is 5.16 Å². The lowest BCUT2D eigenvalue weighted by Gasteiger charge is -2.12. The van der Waals surface area contributed by atoms with E-state index in [1.165, 1.54) is 0 Å². The van der Waals surface area contributed by atoms with E-state index in [9.17, 15) is 8.42 Å². The van der Waals surface area contributed by atoms with Crippen LogP contribution in [0.2, 0.25) is 5.02 Å². The number of rotatable bonds is 4. The quantitative estimate of drug-likeness (QED) is 0.718. The van der Waals surface area contributed by atoms with Crippen LogP contribution in [0.1, 0.15) is 19.4 Å². The minimum Gasteiger partial charge on any atom is -0.310 e. The fourth-order valence-corrected chi connectivity index (χ4v) is 3.74. The highest BCUT2D eigenvalue weighted by atomic mass is 35.5. The highest BCUT2D eigenvalue weighted by molar-refractivity contribution is 7.91. The van der Waals surface area contributed by atoms with Crippen LogP contribution >= 0.6 is 11.6 Å². The van der Waals surface area contributed by atoms with Crippen LogP contribution in [0.15, 0.2) is 53.7 Å². The summed E-state index contributed by atoms with van der Waals surface area (Å²) in [4.78, 5) is 4.36. The van der Waals surface area contributed by atoms with Crippen molar-refractivity contribution in [3.63, 3.8) is 0 Å². The van der Waals surface area contributed by atoms with Crippen molar-refractivity contribution < 1.29 is 8.42 Å². The van der Waals surface area contributed by atoms with Crippen molar-refractivity contribution >= 4 is 32.5 Å². The summed E-state index contributed by atoms with van der Waals surface area (Å²) in [7, 11) is -3.49. The molecule has 1 heterocycles. The van der Waals surface area contributed by atoms with Gasteiger partial charge in [0.15, 0.2) is 0 Å². The zero-order chi connectivity index (χ0) is 16.6. The molecule has 3 rings (SSSR count). The molecule has 1 aromatic heterocycles. The summed E-state index contributed by atoms with van der Waals surface area (Å²) in [6.07, 6.45) is 0. The van der Waals surface area contributed by atoms with Gasteiger partial charge in [-0.2, -0.15) is 0 Å². The Morgan fingerprint density at radius 3 is 2.43 bits per heavy atom. The highest BCUT2D eigenvalue weighted by Crippen LogP contribution is 2.25. The number of aromatic nitrogens is 2. The first-order chi connectivity index (χ1) is 10.9. The van der Waals surface area contributed by atoms with Gasteiger partial charge in [-0.05, 0) is 37.6 Å². The molecule has 0 atom stereocenters. The average Bonchev–Trinajstić information content (AvgIpc) is 2.89. The van der Waals surface area contributed by atoms with Gasteiger partial charge in [0, 0.05) is 5.02 Å². The number of hydrogen-bond acceptors (Lipinski definition) is 3. The Kier molecular flexibility index (Phi) is 4.17. The molecule has 0 spiro atoms. The minimum atomic E-state index is -3.49. The van der Waals surface area contributed by atoms with Gasteiger partial charge >= 0.3 is 0 Å². The number of benzene rings is 2. The van der Waals surface area contributed by atoms with Crippen molar-refractivity contribution in [3.05, 3.63) is 59.1 Å². The maximum Gasteiger partial charge on any atom is 0.229 e. The molecule has 0 N–H and O–H groups in total. The third-order valence-electron chi connectivity index (χ3n) is 3.78. The maximum absolute atomic E-state index is 12.7. The van der Waals surface area contributed by atoms with Crippen LogP contribution in [0.3, 0.4) is 0 Å². The first-order valence-corrected chi connectivity index (χ1v) is 9.26. The minimum absolute atomic E-state index is 0.0913. The molecule has 120 valence electrons. The first kappa shape index (κ1) is 16.0. The second-order valence-corrected chi connectivity index (χ2v) is 8.46. The van der Waals surface area contributed by atoms with E-state index in [0.29, 0.717) is 17.1 Å². The molecule has 0 saturated heterocycles. The van der Waals surface area contributed by atoms with Crippen LogP contribution < -0.4 is 0 Å². The second-order valence-electron chi connectivity index (χ2n) is 5.65. The van der Waals surface area contributed by atoms with Crippen LogP contribution in [0.4, 0.5) is 0 Å². The smallest absolute Gasteiger partial charge is 0.229 e. The van der Waals surface area contributed by atoms with Crippen LogP contribution in [0.25, 0.3) is 11.0 Å².